The van der Waals surface area contributed by atoms with Gasteiger partial charge in [0.2, 0.25) is 5.91 Å². The first-order valence-electron chi connectivity index (χ1n) is 6.61. The Morgan fingerprint density at radius 3 is 2.81 bits per heavy atom. The van der Waals surface area contributed by atoms with E-state index in [0.29, 0.717) is 11.8 Å². The average molecular weight is 224 g/mol. The summed E-state index contributed by atoms with van der Waals surface area (Å²) in [6.45, 7) is 7.50. The molecule has 2 aliphatic heterocycles. The number of likely N-dealkylation sites (tertiary alicyclic amines) is 1. The first-order chi connectivity index (χ1) is 7.59. The van der Waals surface area contributed by atoms with Gasteiger partial charge >= 0.3 is 0 Å². The van der Waals surface area contributed by atoms with Crippen LogP contribution in [0.4, 0.5) is 0 Å². The highest BCUT2D eigenvalue weighted by Gasteiger charge is 2.35. The van der Waals surface area contributed by atoms with Crippen molar-refractivity contribution in [2.75, 3.05) is 19.6 Å². The van der Waals surface area contributed by atoms with E-state index in [2.05, 4.69) is 24.1 Å². The fourth-order valence-corrected chi connectivity index (χ4v) is 3.03. The molecule has 2 rings (SSSR count). The number of hydrogen-bond acceptors (Lipinski definition) is 2. The topological polar surface area (TPSA) is 32.3 Å². The summed E-state index contributed by atoms with van der Waals surface area (Å²) in [5, 5.41) is 3.38. The molecule has 0 aromatic heterocycles. The molecule has 0 aromatic carbocycles. The number of hydrogen-bond donors (Lipinski definition) is 1. The van der Waals surface area contributed by atoms with Crippen LogP contribution in [0.2, 0.25) is 0 Å². The second kappa shape index (κ2) is 4.74. The molecule has 3 heteroatoms. The Morgan fingerprint density at radius 1 is 1.44 bits per heavy atom. The lowest BCUT2D eigenvalue weighted by molar-refractivity contribution is -0.135. The van der Waals surface area contributed by atoms with E-state index in [0.717, 1.165) is 32.5 Å². The van der Waals surface area contributed by atoms with Crippen molar-refractivity contribution in [2.24, 2.45) is 5.92 Å². The number of carbonyl (C=O) groups excluding carboxylic acids is 1. The molecule has 1 unspecified atom stereocenters. The smallest absolute Gasteiger partial charge is 0.223 e. The summed E-state index contributed by atoms with van der Waals surface area (Å²) in [5.74, 6) is 0.939. The van der Waals surface area contributed by atoms with Gasteiger partial charge in [0, 0.05) is 18.5 Å². The van der Waals surface area contributed by atoms with Crippen LogP contribution in [0.25, 0.3) is 0 Å². The summed E-state index contributed by atoms with van der Waals surface area (Å²) in [6.07, 6.45) is 5.51. The third-order valence-corrected chi connectivity index (χ3v) is 4.06. The maximum Gasteiger partial charge on any atom is 0.223 e. The van der Waals surface area contributed by atoms with Gasteiger partial charge in [0.05, 0.1) is 0 Å². The third kappa shape index (κ3) is 2.57. The van der Waals surface area contributed by atoms with Gasteiger partial charge in [-0.3, -0.25) is 4.79 Å². The predicted octanol–water partition coefficient (Wildman–Crippen LogP) is 1.78. The zero-order valence-electron chi connectivity index (χ0n) is 10.6. The summed E-state index contributed by atoms with van der Waals surface area (Å²) >= 11 is 0. The Hall–Kier alpha value is -0.570. The molecule has 92 valence electrons. The molecule has 3 nitrogen and oxygen atoms in total. The molecule has 2 heterocycles. The van der Waals surface area contributed by atoms with Gasteiger partial charge in [0.1, 0.15) is 0 Å². The lowest BCUT2D eigenvalue weighted by Crippen LogP contribution is -2.44. The minimum atomic E-state index is 0.0964. The van der Waals surface area contributed by atoms with Crippen molar-refractivity contribution in [3.63, 3.8) is 0 Å². The average Bonchev–Trinajstić information content (AvgIpc) is 2.59. The lowest BCUT2D eigenvalue weighted by Gasteiger charge is -2.33. The number of nitrogens with one attached hydrogen (secondary N) is 1. The Morgan fingerprint density at radius 2 is 2.25 bits per heavy atom. The van der Waals surface area contributed by atoms with Gasteiger partial charge < -0.3 is 10.2 Å². The second-order valence-electron chi connectivity index (χ2n) is 5.88. The standard InChI is InChI=1S/C13H24N2O/c1-13(2)6-4-8-15(13)12(16)9-11-5-3-7-14-10-11/h11,14H,3-10H2,1-2H3. The predicted molar refractivity (Wildman–Crippen MR) is 65.2 cm³/mol. The van der Waals surface area contributed by atoms with Gasteiger partial charge in [-0.25, -0.2) is 0 Å². The van der Waals surface area contributed by atoms with Gasteiger partial charge in [-0.1, -0.05) is 0 Å². The van der Waals surface area contributed by atoms with E-state index in [1.54, 1.807) is 0 Å². The van der Waals surface area contributed by atoms with Crippen LogP contribution in [0, 0.1) is 5.92 Å². The normalized spacial score (nSPS) is 29.4. The molecular weight excluding hydrogens is 200 g/mol. The van der Waals surface area contributed by atoms with E-state index in [9.17, 15) is 4.79 Å². The maximum atomic E-state index is 12.2. The fraction of sp³-hybridized carbons (Fsp3) is 0.923. The number of piperidine rings is 1. The Balaban J connectivity index is 1.87. The van der Waals surface area contributed by atoms with E-state index in [-0.39, 0.29) is 5.54 Å². The van der Waals surface area contributed by atoms with Crippen molar-refractivity contribution in [1.29, 1.82) is 0 Å². The lowest BCUT2D eigenvalue weighted by atomic mass is 9.94. The van der Waals surface area contributed by atoms with Crippen LogP contribution in [0.15, 0.2) is 0 Å². The van der Waals surface area contributed by atoms with Crippen LogP contribution in [0.5, 0.6) is 0 Å². The van der Waals surface area contributed by atoms with Gasteiger partial charge in [-0.2, -0.15) is 0 Å². The van der Waals surface area contributed by atoms with E-state index >= 15 is 0 Å². The quantitative estimate of drug-likeness (QED) is 0.775. The molecule has 16 heavy (non-hydrogen) atoms. The zero-order chi connectivity index (χ0) is 11.6. The highest BCUT2D eigenvalue weighted by atomic mass is 16.2. The molecule has 2 saturated heterocycles. The molecule has 0 aliphatic carbocycles. The van der Waals surface area contributed by atoms with Crippen LogP contribution in [0.3, 0.4) is 0 Å². The molecule has 1 atom stereocenters. The highest BCUT2D eigenvalue weighted by Crippen LogP contribution is 2.29. The summed E-state index contributed by atoms with van der Waals surface area (Å²) in [6, 6.07) is 0. The molecular formula is C13H24N2O. The van der Waals surface area contributed by atoms with Crippen molar-refractivity contribution in [3.05, 3.63) is 0 Å². The molecule has 0 spiro atoms. The first-order valence-corrected chi connectivity index (χ1v) is 6.61. The fourth-order valence-electron chi connectivity index (χ4n) is 3.03. The van der Waals surface area contributed by atoms with E-state index in [1.807, 2.05) is 0 Å². The molecule has 0 saturated carbocycles. The molecule has 0 bridgehead atoms. The van der Waals surface area contributed by atoms with Crippen LogP contribution in [0.1, 0.15) is 46.0 Å². The number of rotatable bonds is 2. The summed E-state index contributed by atoms with van der Waals surface area (Å²) in [7, 11) is 0. The van der Waals surface area contributed by atoms with Gasteiger partial charge in [-0.05, 0) is 58.5 Å². The van der Waals surface area contributed by atoms with E-state index in [1.165, 1.54) is 19.3 Å². The van der Waals surface area contributed by atoms with Crippen LogP contribution in [-0.4, -0.2) is 36.0 Å². The number of nitrogens with zero attached hydrogens (tertiary/aromatic N) is 1. The van der Waals surface area contributed by atoms with Crippen molar-refractivity contribution < 1.29 is 4.79 Å². The zero-order valence-corrected chi connectivity index (χ0v) is 10.6. The number of carbonyl (C=O) groups is 1. The molecule has 1 amide bonds. The molecule has 0 aromatic rings. The van der Waals surface area contributed by atoms with E-state index in [4.69, 9.17) is 0 Å². The van der Waals surface area contributed by atoms with Crippen LogP contribution >= 0.6 is 0 Å². The first kappa shape index (κ1) is 11.9. The monoisotopic (exact) mass is 224 g/mol. The Kier molecular flexibility index (Phi) is 3.53. The Bertz CT molecular complexity index is 257. The van der Waals surface area contributed by atoms with Crippen molar-refractivity contribution in [1.82, 2.24) is 10.2 Å². The van der Waals surface area contributed by atoms with E-state index < -0.39 is 0 Å². The summed E-state index contributed by atoms with van der Waals surface area (Å²) in [4.78, 5) is 14.3. The maximum absolute atomic E-state index is 12.2. The van der Waals surface area contributed by atoms with Gasteiger partial charge in [-0.15, -0.1) is 0 Å². The van der Waals surface area contributed by atoms with Gasteiger partial charge in [0.15, 0.2) is 0 Å². The van der Waals surface area contributed by atoms with Crippen molar-refractivity contribution >= 4 is 5.91 Å². The van der Waals surface area contributed by atoms with Crippen molar-refractivity contribution in [2.45, 2.75) is 51.5 Å². The minimum Gasteiger partial charge on any atom is -0.338 e. The minimum absolute atomic E-state index is 0.0964. The number of amides is 1. The third-order valence-electron chi connectivity index (χ3n) is 4.06. The summed E-state index contributed by atoms with van der Waals surface area (Å²) < 4.78 is 0. The summed E-state index contributed by atoms with van der Waals surface area (Å²) in [5.41, 5.74) is 0.0964. The Labute approximate surface area is 98.6 Å². The van der Waals surface area contributed by atoms with Crippen LogP contribution in [-0.2, 0) is 4.79 Å². The molecule has 2 aliphatic rings. The van der Waals surface area contributed by atoms with Crippen molar-refractivity contribution in [3.8, 4) is 0 Å². The second-order valence-corrected chi connectivity index (χ2v) is 5.88. The van der Waals surface area contributed by atoms with Gasteiger partial charge in [0.25, 0.3) is 0 Å². The highest BCUT2D eigenvalue weighted by molar-refractivity contribution is 5.77. The van der Waals surface area contributed by atoms with Crippen LogP contribution < -0.4 is 5.32 Å². The largest absolute Gasteiger partial charge is 0.338 e. The molecule has 2 fully saturated rings. The SMILES string of the molecule is CC1(C)CCCN1C(=O)CC1CCCNC1. The molecule has 0 radical (unpaired) electrons. The molecule has 1 N–H and O–H groups in total.